The fourth-order valence-corrected chi connectivity index (χ4v) is 3.86. The Balaban J connectivity index is 1.74. The van der Waals surface area contributed by atoms with Crippen LogP contribution < -0.4 is 4.74 Å². The van der Waals surface area contributed by atoms with E-state index in [-0.39, 0.29) is 11.9 Å². The van der Waals surface area contributed by atoms with Crippen LogP contribution in [0.15, 0.2) is 23.4 Å². The van der Waals surface area contributed by atoms with E-state index in [1.54, 1.807) is 11.8 Å². The Labute approximate surface area is 158 Å². The van der Waals surface area contributed by atoms with Gasteiger partial charge < -0.3 is 14.2 Å². The molecule has 0 spiro atoms. The standard InChI is InChI=1S/C19H26N4O2S/c1-12-8-9-15(11-13(12)2)25-14(3)18(24)23-10-6-7-16(23)17-20-21-19(26-5)22(17)4/h8-9,11,14,16H,6-7,10H2,1-5H3/t14-,16+/m1/s1. The van der Waals surface area contributed by atoms with Gasteiger partial charge in [0.05, 0.1) is 6.04 Å². The van der Waals surface area contributed by atoms with Crippen LogP contribution in [0.1, 0.15) is 42.8 Å². The molecule has 1 aromatic heterocycles. The highest BCUT2D eigenvalue weighted by Crippen LogP contribution is 2.32. The number of nitrogens with zero attached hydrogens (tertiary/aromatic N) is 4. The number of thioether (sulfide) groups is 1. The minimum Gasteiger partial charge on any atom is -0.481 e. The van der Waals surface area contributed by atoms with Crippen molar-refractivity contribution in [2.75, 3.05) is 12.8 Å². The Kier molecular flexibility index (Phi) is 5.55. The van der Waals surface area contributed by atoms with Crippen LogP contribution in [0, 0.1) is 13.8 Å². The molecule has 140 valence electrons. The van der Waals surface area contributed by atoms with Gasteiger partial charge in [-0.25, -0.2) is 0 Å². The summed E-state index contributed by atoms with van der Waals surface area (Å²) < 4.78 is 7.91. The number of carbonyl (C=O) groups is 1. The topological polar surface area (TPSA) is 60.3 Å². The Morgan fingerprint density at radius 2 is 2.08 bits per heavy atom. The molecule has 1 aliphatic heterocycles. The number of rotatable bonds is 5. The second-order valence-electron chi connectivity index (χ2n) is 6.80. The molecular formula is C19H26N4O2S. The number of benzene rings is 1. The number of hydrogen-bond donors (Lipinski definition) is 0. The van der Waals surface area contributed by atoms with Crippen LogP contribution in [-0.2, 0) is 11.8 Å². The molecule has 0 saturated carbocycles. The summed E-state index contributed by atoms with van der Waals surface area (Å²) in [6.45, 7) is 6.65. The predicted octanol–water partition coefficient (Wildman–Crippen LogP) is 3.28. The number of hydrogen-bond acceptors (Lipinski definition) is 5. The van der Waals surface area contributed by atoms with Crippen molar-refractivity contribution in [1.29, 1.82) is 0 Å². The first-order valence-corrected chi connectivity index (χ1v) is 10.1. The molecule has 3 rings (SSSR count). The zero-order valence-corrected chi connectivity index (χ0v) is 16.8. The number of amides is 1. The smallest absolute Gasteiger partial charge is 0.263 e. The maximum atomic E-state index is 13.0. The van der Waals surface area contributed by atoms with E-state index in [1.165, 1.54) is 5.56 Å². The van der Waals surface area contributed by atoms with Crippen molar-refractivity contribution in [1.82, 2.24) is 19.7 Å². The first kappa shape index (κ1) is 18.8. The van der Waals surface area contributed by atoms with Gasteiger partial charge in [-0.15, -0.1) is 10.2 Å². The third-order valence-electron chi connectivity index (χ3n) is 5.02. The molecule has 1 amide bonds. The maximum absolute atomic E-state index is 13.0. The minimum absolute atomic E-state index is 0.000528. The first-order valence-electron chi connectivity index (χ1n) is 8.90. The molecule has 1 aromatic carbocycles. The average Bonchev–Trinajstić information content (AvgIpc) is 3.23. The highest BCUT2D eigenvalue weighted by Gasteiger charge is 2.36. The van der Waals surface area contributed by atoms with Gasteiger partial charge in [-0.3, -0.25) is 4.79 Å². The number of carbonyl (C=O) groups excluding carboxylic acids is 1. The van der Waals surface area contributed by atoms with E-state index in [4.69, 9.17) is 4.74 Å². The number of aromatic nitrogens is 3. The molecule has 2 atom stereocenters. The fraction of sp³-hybridized carbons (Fsp3) is 0.526. The van der Waals surface area contributed by atoms with Crippen LogP contribution in [0.2, 0.25) is 0 Å². The molecular weight excluding hydrogens is 348 g/mol. The Bertz CT molecular complexity index is 805. The van der Waals surface area contributed by atoms with Crippen molar-refractivity contribution >= 4 is 17.7 Å². The first-order chi connectivity index (χ1) is 12.4. The second kappa shape index (κ2) is 7.70. The van der Waals surface area contributed by atoms with Crippen LogP contribution in [0.25, 0.3) is 0 Å². The molecule has 2 aromatic rings. The summed E-state index contributed by atoms with van der Waals surface area (Å²) in [4.78, 5) is 14.9. The lowest BCUT2D eigenvalue weighted by Gasteiger charge is -2.27. The van der Waals surface area contributed by atoms with E-state index in [1.807, 2.05) is 54.8 Å². The van der Waals surface area contributed by atoms with Crippen LogP contribution in [-0.4, -0.2) is 44.5 Å². The summed E-state index contributed by atoms with van der Waals surface area (Å²) >= 11 is 1.56. The average molecular weight is 375 g/mol. The van der Waals surface area contributed by atoms with Crippen molar-refractivity contribution in [2.45, 2.75) is 50.9 Å². The van der Waals surface area contributed by atoms with Crippen LogP contribution in [0.5, 0.6) is 5.75 Å². The van der Waals surface area contributed by atoms with Gasteiger partial charge in [0, 0.05) is 13.6 Å². The summed E-state index contributed by atoms with van der Waals surface area (Å²) in [6, 6.07) is 5.88. The Morgan fingerprint density at radius 3 is 2.73 bits per heavy atom. The zero-order chi connectivity index (χ0) is 18.8. The zero-order valence-electron chi connectivity index (χ0n) is 16.0. The highest BCUT2D eigenvalue weighted by atomic mass is 32.2. The lowest BCUT2D eigenvalue weighted by molar-refractivity contribution is -0.139. The lowest BCUT2D eigenvalue weighted by Crippen LogP contribution is -2.40. The Hall–Kier alpha value is -2.02. The monoisotopic (exact) mass is 374 g/mol. The van der Waals surface area contributed by atoms with Crippen molar-refractivity contribution in [3.05, 3.63) is 35.2 Å². The second-order valence-corrected chi connectivity index (χ2v) is 7.57. The third kappa shape index (κ3) is 3.58. The van der Waals surface area contributed by atoms with E-state index in [9.17, 15) is 4.79 Å². The third-order valence-corrected chi connectivity index (χ3v) is 5.74. The van der Waals surface area contributed by atoms with Crippen LogP contribution >= 0.6 is 11.8 Å². The number of ether oxygens (including phenoxy) is 1. The van der Waals surface area contributed by atoms with Gasteiger partial charge >= 0.3 is 0 Å². The van der Waals surface area contributed by atoms with Gasteiger partial charge in [0.2, 0.25) is 0 Å². The molecule has 1 saturated heterocycles. The molecule has 2 heterocycles. The van der Waals surface area contributed by atoms with E-state index in [0.717, 1.165) is 41.7 Å². The SMILES string of the molecule is CSc1nnc([C@@H]2CCCN2C(=O)[C@@H](C)Oc2ccc(C)c(C)c2)n1C. The van der Waals surface area contributed by atoms with E-state index in [2.05, 4.69) is 17.1 Å². The lowest BCUT2D eigenvalue weighted by atomic mass is 10.1. The van der Waals surface area contributed by atoms with Gasteiger partial charge in [-0.2, -0.15) is 0 Å². The quantitative estimate of drug-likeness (QED) is 0.752. The summed E-state index contributed by atoms with van der Waals surface area (Å²) in [5, 5.41) is 9.39. The molecule has 0 N–H and O–H groups in total. The summed E-state index contributed by atoms with van der Waals surface area (Å²) in [5.74, 6) is 1.58. The van der Waals surface area contributed by atoms with Crippen LogP contribution in [0.3, 0.4) is 0 Å². The minimum atomic E-state index is -0.536. The van der Waals surface area contributed by atoms with Crippen molar-refractivity contribution in [3.8, 4) is 5.75 Å². The van der Waals surface area contributed by atoms with Gasteiger partial charge in [0.15, 0.2) is 17.1 Å². The molecule has 0 aliphatic carbocycles. The van der Waals surface area contributed by atoms with Crippen LogP contribution in [0.4, 0.5) is 0 Å². The molecule has 7 heteroatoms. The fourth-order valence-electron chi connectivity index (χ4n) is 3.37. The maximum Gasteiger partial charge on any atom is 0.263 e. The van der Waals surface area contributed by atoms with Crippen molar-refractivity contribution in [2.24, 2.45) is 7.05 Å². The molecule has 0 unspecified atom stereocenters. The summed E-state index contributed by atoms with van der Waals surface area (Å²) in [5.41, 5.74) is 2.37. The van der Waals surface area contributed by atoms with E-state index in [0.29, 0.717) is 0 Å². The van der Waals surface area contributed by atoms with Crippen molar-refractivity contribution < 1.29 is 9.53 Å². The summed E-state index contributed by atoms with van der Waals surface area (Å²) in [6.07, 6.45) is 3.31. The van der Waals surface area contributed by atoms with Gasteiger partial charge in [0.25, 0.3) is 5.91 Å². The molecule has 6 nitrogen and oxygen atoms in total. The Morgan fingerprint density at radius 1 is 1.31 bits per heavy atom. The molecule has 26 heavy (non-hydrogen) atoms. The van der Waals surface area contributed by atoms with Gasteiger partial charge in [0.1, 0.15) is 5.75 Å². The van der Waals surface area contributed by atoms with Gasteiger partial charge in [-0.05, 0) is 63.1 Å². The molecule has 1 aliphatic rings. The predicted molar refractivity (Wildman–Crippen MR) is 102 cm³/mol. The van der Waals surface area contributed by atoms with Gasteiger partial charge in [-0.1, -0.05) is 17.8 Å². The highest BCUT2D eigenvalue weighted by molar-refractivity contribution is 7.98. The number of aryl methyl sites for hydroxylation is 2. The number of likely N-dealkylation sites (tertiary alicyclic amines) is 1. The normalized spacial score (nSPS) is 18.2. The van der Waals surface area contributed by atoms with Crippen molar-refractivity contribution in [3.63, 3.8) is 0 Å². The molecule has 1 fully saturated rings. The molecule has 0 bridgehead atoms. The molecule has 0 radical (unpaired) electrons. The van der Waals surface area contributed by atoms with E-state index < -0.39 is 6.10 Å². The largest absolute Gasteiger partial charge is 0.481 e. The van der Waals surface area contributed by atoms with E-state index >= 15 is 0 Å². The summed E-state index contributed by atoms with van der Waals surface area (Å²) in [7, 11) is 1.96.